The summed E-state index contributed by atoms with van der Waals surface area (Å²) in [5.41, 5.74) is 6.75. The molecule has 21 heavy (non-hydrogen) atoms. The standard InChI is InChI=1S/C15H25NO4S/c1-11(2)21(17,18)9-8-20-15-13(10-12(3)16)6-5-7-14(15)19-4/h5-7,11-12H,8-10,16H2,1-4H3. The van der Waals surface area contributed by atoms with Gasteiger partial charge in [-0.1, -0.05) is 12.1 Å². The average molecular weight is 315 g/mol. The molecule has 1 rings (SSSR count). The van der Waals surface area contributed by atoms with Gasteiger partial charge in [0.2, 0.25) is 0 Å². The topological polar surface area (TPSA) is 78.6 Å². The van der Waals surface area contributed by atoms with Crippen LogP contribution in [0, 0.1) is 0 Å². The molecular weight excluding hydrogens is 290 g/mol. The molecule has 0 aliphatic rings. The lowest BCUT2D eigenvalue weighted by Gasteiger charge is -2.16. The Morgan fingerprint density at radius 1 is 1.24 bits per heavy atom. The van der Waals surface area contributed by atoms with Gasteiger partial charge in [0, 0.05) is 6.04 Å². The number of hydrogen-bond donors (Lipinski definition) is 1. The molecule has 1 aromatic carbocycles. The molecule has 0 aromatic heterocycles. The Kier molecular flexibility index (Phi) is 6.48. The fraction of sp³-hybridized carbons (Fsp3) is 0.600. The van der Waals surface area contributed by atoms with Crippen LogP contribution in [0.3, 0.4) is 0 Å². The molecule has 0 heterocycles. The fourth-order valence-electron chi connectivity index (χ4n) is 1.89. The lowest BCUT2D eigenvalue weighted by atomic mass is 10.1. The van der Waals surface area contributed by atoms with E-state index in [0.29, 0.717) is 17.9 Å². The first-order chi connectivity index (χ1) is 9.77. The molecule has 6 heteroatoms. The van der Waals surface area contributed by atoms with E-state index in [4.69, 9.17) is 15.2 Å². The first kappa shape index (κ1) is 17.8. The van der Waals surface area contributed by atoms with Gasteiger partial charge < -0.3 is 15.2 Å². The number of rotatable bonds is 8. The number of para-hydroxylation sites is 1. The highest BCUT2D eigenvalue weighted by atomic mass is 32.2. The maximum Gasteiger partial charge on any atom is 0.164 e. The molecule has 0 fully saturated rings. The molecule has 0 aliphatic carbocycles. The van der Waals surface area contributed by atoms with Crippen molar-refractivity contribution >= 4 is 9.84 Å². The molecule has 0 radical (unpaired) electrons. The summed E-state index contributed by atoms with van der Waals surface area (Å²) < 4.78 is 34.6. The van der Waals surface area contributed by atoms with Gasteiger partial charge in [-0.15, -0.1) is 0 Å². The molecular formula is C15H25NO4S. The number of sulfone groups is 1. The molecule has 0 aliphatic heterocycles. The summed E-state index contributed by atoms with van der Waals surface area (Å²) >= 11 is 0. The van der Waals surface area contributed by atoms with Crippen molar-refractivity contribution in [1.82, 2.24) is 0 Å². The highest BCUT2D eigenvalue weighted by Crippen LogP contribution is 2.31. The number of ether oxygens (including phenoxy) is 2. The summed E-state index contributed by atoms with van der Waals surface area (Å²) in [5, 5.41) is -0.401. The number of nitrogens with two attached hydrogens (primary N) is 1. The zero-order valence-corrected chi connectivity index (χ0v) is 13.9. The summed E-state index contributed by atoms with van der Waals surface area (Å²) in [6.45, 7) is 5.35. The average Bonchev–Trinajstić information content (AvgIpc) is 2.39. The minimum absolute atomic E-state index is 0.0136. The molecule has 1 atom stereocenters. The molecule has 5 nitrogen and oxygen atoms in total. The van der Waals surface area contributed by atoms with Crippen LogP contribution in [0.15, 0.2) is 18.2 Å². The molecule has 120 valence electrons. The first-order valence-electron chi connectivity index (χ1n) is 7.03. The van der Waals surface area contributed by atoms with E-state index in [0.717, 1.165) is 5.56 Å². The van der Waals surface area contributed by atoms with Gasteiger partial charge in [0.1, 0.15) is 6.61 Å². The second-order valence-corrected chi connectivity index (χ2v) is 8.07. The summed E-state index contributed by atoms with van der Waals surface area (Å²) in [6, 6.07) is 5.56. The Bertz CT molecular complexity index is 553. The predicted octanol–water partition coefficient (Wildman–Crippen LogP) is 1.79. The van der Waals surface area contributed by atoms with E-state index in [9.17, 15) is 8.42 Å². The Balaban J connectivity index is 2.86. The van der Waals surface area contributed by atoms with Crippen molar-refractivity contribution in [3.8, 4) is 11.5 Å². The SMILES string of the molecule is COc1cccc(CC(C)N)c1OCCS(=O)(=O)C(C)C. The van der Waals surface area contributed by atoms with Crippen molar-refractivity contribution in [2.24, 2.45) is 5.73 Å². The van der Waals surface area contributed by atoms with Gasteiger partial charge in [-0.05, 0) is 38.8 Å². The minimum atomic E-state index is -3.11. The number of methoxy groups -OCH3 is 1. The highest BCUT2D eigenvalue weighted by Gasteiger charge is 2.18. The second kappa shape index (κ2) is 7.66. The number of benzene rings is 1. The van der Waals surface area contributed by atoms with E-state index in [-0.39, 0.29) is 18.4 Å². The van der Waals surface area contributed by atoms with Gasteiger partial charge in [0.25, 0.3) is 0 Å². The molecule has 0 spiro atoms. The van der Waals surface area contributed by atoms with Crippen LogP contribution in [0.2, 0.25) is 0 Å². The Labute approximate surface area is 127 Å². The summed E-state index contributed by atoms with van der Waals surface area (Å²) in [7, 11) is -1.56. The Hall–Kier alpha value is -1.27. The van der Waals surface area contributed by atoms with E-state index in [1.807, 2.05) is 19.1 Å². The largest absolute Gasteiger partial charge is 0.493 e. The molecule has 1 aromatic rings. The van der Waals surface area contributed by atoms with Crippen LogP contribution in [-0.4, -0.2) is 39.2 Å². The maximum atomic E-state index is 11.8. The van der Waals surface area contributed by atoms with E-state index in [1.54, 1.807) is 27.0 Å². The van der Waals surface area contributed by atoms with E-state index in [2.05, 4.69) is 0 Å². The van der Waals surface area contributed by atoms with Crippen LogP contribution in [-0.2, 0) is 16.3 Å². The first-order valence-corrected chi connectivity index (χ1v) is 8.75. The van der Waals surface area contributed by atoms with Gasteiger partial charge in [-0.25, -0.2) is 8.42 Å². The zero-order valence-electron chi connectivity index (χ0n) is 13.1. The third-order valence-electron chi connectivity index (χ3n) is 3.15. The van der Waals surface area contributed by atoms with Crippen molar-refractivity contribution in [2.45, 2.75) is 38.5 Å². The quantitative estimate of drug-likeness (QED) is 0.791. The Morgan fingerprint density at radius 2 is 1.90 bits per heavy atom. The van der Waals surface area contributed by atoms with Crippen molar-refractivity contribution < 1.29 is 17.9 Å². The second-order valence-electron chi connectivity index (χ2n) is 5.39. The number of hydrogen-bond acceptors (Lipinski definition) is 5. The highest BCUT2D eigenvalue weighted by molar-refractivity contribution is 7.91. The third kappa shape index (κ3) is 5.21. The lowest BCUT2D eigenvalue weighted by molar-refractivity contribution is 0.307. The van der Waals surface area contributed by atoms with Crippen LogP contribution >= 0.6 is 0 Å². The van der Waals surface area contributed by atoms with Gasteiger partial charge in [-0.3, -0.25) is 0 Å². The zero-order chi connectivity index (χ0) is 16.0. The molecule has 0 bridgehead atoms. The van der Waals surface area contributed by atoms with Crippen LogP contribution in [0.4, 0.5) is 0 Å². The predicted molar refractivity (Wildman–Crippen MR) is 84.8 cm³/mol. The van der Waals surface area contributed by atoms with Gasteiger partial charge >= 0.3 is 0 Å². The summed E-state index contributed by atoms with van der Waals surface area (Å²) in [6.07, 6.45) is 0.642. The van der Waals surface area contributed by atoms with E-state index < -0.39 is 15.1 Å². The van der Waals surface area contributed by atoms with Crippen molar-refractivity contribution in [3.05, 3.63) is 23.8 Å². The molecule has 0 amide bonds. The van der Waals surface area contributed by atoms with Crippen molar-refractivity contribution in [1.29, 1.82) is 0 Å². The minimum Gasteiger partial charge on any atom is -0.493 e. The van der Waals surface area contributed by atoms with Crippen LogP contribution < -0.4 is 15.2 Å². The molecule has 0 saturated carbocycles. The van der Waals surface area contributed by atoms with Crippen LogP contribution in [0.5, 0.6) is 11.5 Å². The summed E-state index contributed by atoms with van der Waals surface area (Å²) in [5.74, 6) is 1.16. The Morgan fingerprint density at radius 3 is 2.43 bits per heavy atom. The van der Waals surface area contributed by atoms with Crippen LogP contribution in [0.1, 0.15) is 26.3 Å². The lowest BCUT2D eigenvalue weighted by Crippen LogP contribution is -2.23. The monoisotopic (exact) mass is 315 g/mol. The molecule has 1 unspecified atom stereocenters. The summed E-state index contributed by atoms with van der Waals surface area (Å²) in [4.78, 5) is 0. The van der Waals surface area contributed by atoms with Gasteiger partial charge in [-0.2, -0.15) is 0 Å². The van der Waals surface area contributed by atoms with E-state index in [1.165, 1.54) is 0 Å². The van der Waals surface area contributed by atoms with E-state index >= 15 is 0 Å². The van der Waals surface area contributed by atoms with Gasteiger partial charge in [0.05, 0.1) is 18.1 Å². The van der Waals surface area contributed by atoms with Crippen molar-refractivity contribution in [2.75, 3.05) is 19.5 Å². The van der Waals surface area contributed by atoms with Gasteiger partial charge in [0.15, 0.2) is 21.3 Å². The third-order valence-corrected chi connectivity index (χ3v) is 5.33. The fourth-order valence-corrected chi connectivity index (χ4v) is 2.68. The normalized spacial score (nSPS) is 13.2. The molecule has 0 saturated heterocycles. The maximum absolute atomic E-state index is 11.8. The van der Waals surface area contributed by atoms with Crippen molar-refractivity contribution in [3.63, 3.8) is 0 Å². The molecule has 2 N–H and O–H groups in total. The van der Waals surface area contributed by atoms with Crippen LogP contribution in [0.25, 0.3) is 0 Å². The smallest absolute Gasteiger partial charge is 0.164 e.